The second-order valence-corrected chi connectivity index (χ2v) is 3.81. The second-order valence-electron chi connectivity index (χ2n) is 3.28. The van der Waals surface area contributed by atoms with Crippen molar-refractivity contribution in [2.24, 2.45) is 0 Å². The van der Waals surface area contributed by atoms with Gasteiger partial charge < -0.3 is 5.32 Å². The SMILES string of the molecule is C=C(Cl)CNc1ccccc1CCC. The Morgan fingerprint density at radius 2 is 2.14 bits per heavy atom. The Bertz CT molecular complexity index is 307. The number of aryl methyl sites for hydroxylation is 1. The number of anilines is 1. The molecular formula is C12H16ClN. The van der Waals surface area contributed by atoms with E-state index in [1.807, 2.05) is 6.07 Å². The third-order valence-electron chi connectivity index (χ3n) is 2.01. The molecule has 0 aliphatic rings. The lowest BCUT2D eigenvalue weighted by molar-refractivity contribution is 0.922. The summed E-state index contributed by atoms with van der Waals surface area (Å²) in [6.07, 6.45) is 2.25. The molecule has 1 aromatic carbocycles. The van der Waals surface area contributed by atoms with Crippen LogP contribution < -0.4 is 5.32 Å². The van der Waals surface area contributed by atoms with Crippen LogP contribution in [-0.2, 0) is 6.42 Å². The quantitative estimate of drug-likeness (QED) is 0.778. The summed E-state index contributed by atoms with van der Waals surface area (Å²) in [5.41, 5.74) is 2.50. The minimum atomic E-state index is 0.627. The van der Waals surface area contributed by atoms with Crippen LogP contribution >= 0.6 is 11.6 Å². The first kappa shape index (κ1) is 11.1. The van der Waals surface area contributed by atoms with Gasteiger partial charge in [0.15, 0.2) is 0 Å². The summed E-state index contributed by atoms with van der Waals surface area (Å²) in [6, 6.07) is 8.30. The van der Waals surface area contributed by atoms with Crippen molar-refractivity contribution in [1.29, 1.82) is 0 Å². The van der Waals surface area contributed by atoms with Crippen LogP contribution in [0.25, 0.3) is 0 Å². The number of halogens is 1. The van der Waals surface area contributed by atoms with E-state index in [9.17, 15) is 0 Å². The van der Waals surface area contributed by atoms with Crippen molar-refractivity contribution < 1.29 is 0 Å². The number of benzene rings is 1. The van der Waals surface area contributed by atoms with Gasteiger partial charge in [-0.2, -0.15) is 0 Å². The van der Waals surface area contributed by atoms with Gasteiger partial charge >= 0.3 is 0 Å². The van der Waals surface area contributed by atoms with Crippen molar-refractivity contribution in [3.63, 3.8) is 0 Å². The summed E-state index contributed by atoms with van der Waals surface area (Å²) in [4.78, 5) is 0. The second kappa shape index (κ2) is 5.71. The van der Waals surface area contributed by atoms with Crippen molar-refractivity contribution in [2.75, 3.05) is 11.9 Å². The molecule has 2 heteroatoms. The molecule has 1 aromatic rings. The Morgan fingerprint density at radius 3 is 2.79 bits per heavy atom. The van der Waals surface area contributed by atoms with Crippen molar-refractivity contribution in [1.82, 2.24) is 0 Å². The molecule has 0 aliphatic carbocycles. The Morgan fingerprint density at radius 1 is 1.43 bits per heavy atom. The van der Waals surface area contributed by atoms with E-state index in [4.69, 9.17) is 11.6 Å². The molecule has 0 unspecified atom stereocenters. The number of hydrogen-bond donors (Lipinski definition) is 1. The predicted octanol–water partition coefficient (Wildman–Crippen LogP) is 3.80. The first-order valence-corrected chi connectivity index (χ1v) is 5.27. The number of para-hydroxylation sites is 1. The third-order valence-corrected chi connectivity index (χ3v) is 2.14. The van der Waals surface area contributed by atoms with Gasteiger partial charge in [-0.1, -0.05) is 49.7 Å². The van der Waals surface area contributed by atoms with Crippen LogP contribution in [0.15, 0.2) is 35.9 Å². The minimum Gasteiger partial charge on any atom is -0.380 e. The summed E-state index contributed by atoms with van der Waals surface area (Å²) in [5, 5.41) is 3.90. The van der Waals surface area contributed by atoms with Gasteiger partial charge in [-0.25, -0.2) is 0 Å². The first-order chi connectivity index (χ1) is 6.74. The van der Waals surface area contributed by atoms with E-state index in [0.29, 0.717) is 11.6 Å². The maximum atomic E-state index is 5.70. The summed E-state index contributed by atoms with van der Waals surface area (Å²) >= 11 is 5.70. The molecule has 0 atom stereocenters. The average Bonchev–Trinajstić information content (AvgIpc) is 2.17. The zero-order chi connectivity index (χ0) is 10.4. The highest BCUT2D eigenvalue weighted by Gasteiger charge is 1.99. The van der Waals surface area contributed by atoms with Crippen LogP contribution in [0, 0.1) is 0 Å². The van der Waals surface area contributed by atoms with Gasteiger partial charge in [0.2, 0.25) is 0 Å². The Hall–Kier alpha value is -0.950. The van der Waals surface area contributed by atoms with Crippen LogP contribution in [0.1, 0.15) is 18.9 Å². The molecule has 0 amide bonds. The van der Waals surface area contributed by atoms with E-state index in [1.54, 1.807) is 0 Å². The van der Waals surface area contributed by atoms with Crippen LogP contribution in [0.5, 0.6) is 0 Å². The van der Waals surface area contributed by atoms with Gasteiger partial charge in [0, 0.05) is 10.7 Å². The number of nitrogens with one attached hydrogen (secondary N) is 1. The molecule has 1 N–H and O–H groups in total. The smallest absolute Gasteiger partial charge is 0.0502 e. The molecule has 0 spiro atoms. The summed E-state index contributed by atoms with van der Waals surface area (Å²) < 4.78 is 0. The molecule has 0 heterocycles. The first-order valence-electron chi connectivity index (χ1n) is 4.89. The maximum absolute atomic E-state index is 5.70. The largest absolute Gasteiger partial charge is 0.380 e. The van der Waals surface area contributed by atoms with Crippen molar-refractivity contribution >= 4 is 17.3 Å². The monoisotopic (exact) mass is 209 g/mol. The molecule has 0 radical (unpaired) electrons. The van der Waals surface area contributed by atoms with Gasteiger partial charge in [-0.15, -0.1) is 0 Å². The van der Waals surface area contributed by atoms with Crippen LogP contribution in [0.2, 0.25) is 0 Å². The van der Waals surface area contributed by atoms with E-state index >= 15 is 0 Å². The predicted molar refractivity (Wildman–Crippen MR) is 63.9 cm³/mol. The fourth-order valence-corrected chi connectivity index (χ4v) is 1.44. The maximum Gasteiger partial charge on any atom is 0.0502 e. The fraction of sp³-hybridized carbons (Fsp3) is 0.333. The standard InChI is InChI=1S/C12H16ClN/c1-3-6-11-7-4-5-8-12(11)14-9-10(2)13/h4-5,7-8,14H,2-3,6,9H2,1H3. The van der Waals surface area contributed by atoms with Crippen LogP contribution in [0.4, 0.5) is 5.69 Å². The van der Waals surface area contributed by atoms with Gasteiger partial charge in [0.1, 0.15) is 0 Å². The highest BCUT2D eigenvalue weighted by atomic mass is 35.5. The summed E-state index contributed by atoms with van der Waals surface area (Å²) in [5.74, 6) is 0. The van der Waals surface area contributed by atoms with Crippen molar-refractivity contribution in [3.05, 3.63) is 41.4 Å². The molecule has 14 heavy (non-hydrogen) atoms. The van der Waals surface area contributed by atoms with E-state index in [-0.39, 0.29) is 0 Å². The normalized spacial score (nSPS) is 9.86. The highest BCUT2D eigenvalue weighted by molar-refractivity contribution is 6.29. The lowest BCUT2D eigenvalue weighted by Gasteiger charge is -2.10. The Kier molecular flexibility index (Phi) is 4.54. The van der Waals surface area contributed by atoms with Crippen LogP contribution in [0.3, 0.4) is 0 Å². The van der Waals surface area contributed by atoms with E-state index in [2.05, 4.69) is 37.0 Å². The Balaban J connectivity index is 2.68. The summed E-state index contributed by atoms with van der Waals surface area (Å²) in [7, 11) is 0. The molecule has 0 saturated heterocycles. The van der Waals surface area contributed by atoms with E-state index < -0.39 is 0 Å². The lowest BCUT2D eigenvalue weighted by Crippen LogP contribution is -2.03. The molecule has 0 aliphatic heterocycles. The topological polar surface area (TPSA) is 12.0 Å². The third kappa shape index (κ3) is 3.43. The highest BCUT2D eigenvalue weighted by Crippen LogP contribution is 2.17. The van der Waals surface area contributed by atoms with Crippen molar-refractivity contribution in [3.8, 4) is 0 Å². The minimum absolute atomic E-state index is 0.627. The number of rotatable bonds is 5. The van der Waals surface area contributed by atoms with E-state index in [1.165, 1.54) is 5.56 Å². The Labute approximate surface area is 90.8 Å². The molecular weight excluding hydrogens is 194 g/mol. The van der Waals surface area contributed by atoms with Gasteiger partial charge in [-0.3, -0.25) is 0 Å². The molecule has 0 saturated carbocycles. The molecule has 1 rings (SSSR count). The molecule has 0 fully saturated rings. The fourth-order valence-electron chi connectivity index (χ4n) is 1.37. The lowest BCUT2D eigenvalue weighted by atomic mass is 10.1. The zero-order valence-electron chi connectivity index (χ0n) is 8.52. The van der Waals surface area contributed by atoms with Gasteiger partial charge in [0.25, 0.3) is 0 Å². The van der Waals surface area contributed by atoms with Crippen molar-refractivity contribution in [2.45, 2.75) is 19.8 Å². The average molecular weight is 210 g/mol. The van der Waals surface area contributed by atoms with Gasteiger partial charge in [0.05, 0.1) is 6.54 Å². The zero-order valence-corrected chi connectivity index (χ0v) is 9.27. The molecule has 1 nitrogen and oxygen atoms in total. The molecule has 0 aromatic heterocycles. The molecule has 76 valence electrons. The van der Waals surface area contributed by atoms with E-state index in [0.717, 1.165) is 18.5 Å². The molecule has 0 bridgehead atoms. The summed E-state index contributed by atoms with van der Waals surface area (Å²) in [6.45, 7) is 6.45. The van der Waals surface area contributed by atoms with Gasteiger partial charge in [-0.05, 0) is 18.1 Å². The van der Waals surface area contributed by atoms with Crippen LogP contribution in [-0.4, -0.2) is 6.54 Å². The number of hydrogen-bond acceptors (Lipinski definition) is 1.